The minimum Gasteiger partial charge on any atom is -0.508 e. The van der Waals surface area contributed by atoms with Gasteiger partial charge in [-0.25, -0.2) is 5.06 Å². The minimum atomic E-state index is -0.856. The van der Waals surface area contributed by atoms with E-state index >= 15 is 0 Å². The number of nitrogens with zero attached hydrogens (tertiary/aromatic N) is 2. The van der Waals surface area contributed by atoms with Crippen LogP contribution < -0.4 is 5.32 Å². The number of ether oxygens (including phenoxy) is 2. The molecule has 0 saturated carbocycles. The summed E-state index contributed by atoms with van der Waals surface area (Å²) < 4.78 is 11.7. The van der Waals surface area contributed by atoms with Crippen molar-refractivity contribution in [1.29, 1.82) is 0 Å². The number of phenolic OH excluding ortho intramolecular Hbond substituents is 1. The first kappa shape index (κ1) is 34.8. The Morgan fingerprint density at radius 2 is 1.74 bits per heavy atom. The first-order valence-corrected chi connectivity index (χ1v) is 16.0. The molecule has 3 amide bonds. The van der Waals surface area contributed by atoms with Gasteiger partial charge in [-0.05, 0) is 55.2 Å². The Hall–Kier alpha value is -2.69. The quantitative estimate of drug-likeness (QED) is 0.310. The van der Waals surface area contributed by atoms with Gasteiger partial charge in [0.2, 0.25) is 11.8 Å². The van der Waals surface area contributed by atoms with Crippen LogP contribution in [0.25, 0.3) is 0 Å². The summed E-state index contributed by atoms with van der Waals surface area (Å²) >= 11 is 0. The fourth-order valence-corrected chi connectivity index (χ4v) is 6.64. The highest BCUT2D eigenvalue weighted by Gasteiger charge is 2.41. The summed E-state index contributed by atoms with van der Waals surface area (Å²) in [4.78, 5) is 48.3. The number of rotatable bonds is 15. The van der Waals surface area contributed by atoms with Crippen molar-refractivity contribution in [2.45, 2.75) is 103 Å². The van der Waals surface area contributed by atoms with Crippen LogP contribution in [0.5, 0.6) is 5.75 Å². The van der Waals surface area contributed by atoms with Crippen molar-refractivity contribution < 1.29 is 33.8 Å². The summed E-state index contributed by atoms with van der Waals surface area (Å²) in [6, 6.07) is 5.48. The number of methoxy groups -OCH3 is 2. The van der Waals surface area contributed by atoms with Crippen LogP contribution in [0.15, 0.2) is 24.3 Å². The third-order valence-corrected chi connectivity index (χ3v) is 9.42. The van der Waals surface area contributed by atoms with Gasteiger partial charge in [-0.3, -0.25) is 19.2 Å². The van der Waals surface area contributed by atoms with E-state index in [-0.39, 0.29) is 48.0 Å². The fourth-order valence-electron chi connectivity index (χ4n) is 6.64. The van der Waals surface area contributed by atoms with Crippen LogP contribution in [0.1, 0.15) is 78.2 Å². The number of hydroxylamine groups is 2. The van der Waals surface area contributed by atoms with Crippen LogP contribution in [-0.2, 0) is 35.1 Å². The predicted molar refractivity (Wildman–Crippen MR) is 164 cm³/mol. The molecule has 10 heteroatoms. The summed E-state index contributed by atoms with van der Waals surface area (Å²) in [6.45, 7) is 9.84. The third kappa shape index (κ3) is 9.16. The molecular formula is C33H53N3O7. The maximum atomic E-state index is 13.7. The zero-order valence-electron chi connectivity index (χ0n) is 26.9. The van der Waals surface area contributed by atoms with Gasteiger partial charge in [0, 0.05) is 33.7 Å². The highest BCUT2D eigenvalue weighted by atomic mass is 16.7. The summed E-state index contributed by atoms with van der Waals surface area (Å²) in [5.41, 5.74) is 0.799. The van der Waals surface area contributed by atoms with Crippen molar-refractivity contribution in [2.75, 3.05) is 33.9 Å². The molecule has 7 atom stereocenters. The number of aromatic hydroxyl groups is 1. The van der Waals surface area contributed by atoms with E-state index in [1.807, 2.05) is 4.90 Å². The molecule has 0 bridgehead atoms. The normalized spacial score (nSPS) is 21.5. The lowest BCUT2D eigenvalue weighted by Gasteiger charge is -2.36. The van der Waals surface area contributed by atoms with Crippen molar-refractivity contribution in [3.8, 4) is 5.75 Å². The van der Waals surface area contributed by atoms with Gasteiger partial charge in [0.1, 0.15) is 11.8 Å². The summed E-state index contributed by atoms with van der Waals surface area (Å²) in [5.74, 6) is -0.370. The number of carbonyl (C=O) groups excluding carboxylic acids is 3. The molecular weight excluding hydrogens is 550 g/mol. The van der Waals surface area contributed by atoms with E-state index in [9.17, 15) is 19.5 Å². The monoisotopic (exact) mass is 603 g/mol. The van der Waals surface area contributed by atoms with E-state index in [4.69, 9.17) is 14.3 Å². The van der Waals surface area contributed by atoms with E-state index in [0.717, 1.165) is 44.1 Å². The summed E-state index contributed by atoms with van der Waals surface area (Å²) in [6.07, 6.45) is 5.08. The predicted octanol–water partition coefficient (Wildman–Crippen LogP) is 4.09. The molecule has 242 valence electrons. The molecule has 1 aromatic carbocycles. The van der Waals surface area contributed by atoms with Gasteiger partial charge < -0.3 is 24.8 Å². The molecule has 43 heavy (non-hydrogen) atoms. The maximum absolute atomic E-state index is 13.7. The molecule has 2 aliphatic heterocycles. The van der Waals surface area contributed by atoms with Crippen molar-refractivity contribution >= 4 is 17.7 Å². The van der Waals surface area contributed by atoms with E-state index < -0.39 is 18.1 Å². The van der Waals surface area contributed by atoms with Crippen LogP contribution in [0.4, 0.5) is 0 Å². The topological polar surface area (TPSA) is 118 Å². The zero-order chi connectivity index (χ0) is 31.5. The number of nitrogens with one attached hydrogen (secondary N) is 1. The van der Waals surface area contributed by atoms with Crippen molar-refractivity contribution in [3.05, 3.63) is 29.8 Å². The second kappa shape index (κ2) is 17.0. The van der Waals surface area contributed by atoms with Crippen molar-refractivity contribution in [1.82, 2.24) is 15.3 Å². The average Bonchev–Trinajstić information content (AvgIpc) is 3.51. The van der Waals surface area contributed by atoms with Crippen LogP contribution in [-0.4, -0.2) is 91.0 Å². The van der Waals surface area contributed by atoms with Gasteiger partial charge in [-0.15, -0.1) is 0 Å². The molecule has 0 aromatic heterocycles. The Morgan fingerprint density at radius 3 is 2.33 bits per heavy atom. The molecule has 0 aliphatic carbocycles. The lowest BCUT2D eigenvalue weighted by Crippen LogP contribution is -2.55. The molecule has 7 unspecified atom stereocenters. The van der Waals surface area contributed by atoms with Gasteiger partial charge in [-0.1, -0.05) is 52.7 Å². The Morgan fingerprint density at radius 1 is 1.02 bits per heavy atom. The Balaban J connectivity index is 1.73. The third-order valence-electron chi connectivity index (χ3n) is 9.42. The number of amides is 3. The van der Waals surface area contributed by atoms with Gasteiger partial charge in [0.05, 0.1) is 37.2 Å². The van der Waals surface area contributed by atoms with Crippen LogP contribution in [0.3, 0.4) is 0 Å². The smallest absolute Gasteiger partial charge is 0.269 e. The lowest BCUT2D eigenvalue weighted by atomic mass is 9.83. The van der Waals surface area contributed by atoms with E-state index in [1.54, 1.807) is 45.4 Å². The van der Waals surface area contributed by atoms with Crippen molar-refractivity contribution in [3.63, 3.8) is 0 Å². The second-order valence-electron chi connectivity index (χ2n) is 12.1. The van der Waals surface area contributed by atoms with Crippen LogP contribution >= 0.6 is 0 Å². The van der Waals surface area contributed by atoms with E-state index in [1.165, 1.54) is 5.06 Å². The van der Waals surface area contributed by atoms with Crippen molar-refractivity contribution in [2.24, 2.45) is 17.8 Å². The van der Waals surface area contributed by atoms with E-state index in [2.05, 4.69) is 26.1 Å². The highest BCUT2D eigenvalue weighted by Crippen LogP contribution is 2.31. The standard InChI is InChI=1S/C33H53N3O7/c1-7-22(3)26(8-2)29(41-5)21-30(38)35-17-11-12-28(35)31(42-6)23(4)32(39)34-27(20-24-13-15-25(37)16-14-24)33(40)36-18-9-10-19-43-36/h13-16,22-23,26-29,31,37H,7-12,17-21H2,1-6H3,(H,34,39). The molecule has 3 rings (SSSR count). The molecule has 1 aromatic rings. The number of hydrogen-bond acceptors (Lipinski definition) is 7. The molecule has 10 nitrogen and oxygen atoms in total. The minimum absolute atomic E-state index is 0.0217. The number of benzene rings is 1. The van der Waals surface area contributed by atoms with E-state index in [0.29, 0.717) is 32.0 Å². The number of phenols is 1. The van der Waals surface area contributed by atoms with Gasteiger partial charge in [0.15, 0.2) is 0 Å². The molecule has 0 spiro atoms. The Kier molecular flexibility index (Phi) is 13.7. The highest BCUT2D eigenvalue weighted by molar-refractivity contribution is 5.88. The van der Waals surface area contributed by atoms with Crippen LogP contribution in [0, 0.1) is 17.8 Å². The number of carbonyl (C=O) groups is 3. The molecule has 2 saturated heterocycles. The van der Waals surface area contributed by atoms with Gasteiger partial charge >= 0.3 is 0 Å². The second-order valence-corrected chi connectivity index (χ2v) is 12.1. The molecule has 0 radical (unpaired) electrons. The fraction of sp³-hybridized carbons (Fsp3) is 0.727. The molecule has 2 N–H and O–H groups in total. The molecule has 2 fully saturated rings. The number of likely N-dealkylation sites (tertiary alicyclic amines) is 1. The SMILES string of the molecule is CCC(C)C(CC)C(CC(=O)N1CCCC1C(OC)C(C)C(=O)NC(Cc1ccc(O)cc1)C(=O)N1CCCCO1)OC. The lowest BCUT2D eigenvalue weighted by molar-refractivity contribution is -0.199. The molecule has 2 heterocycles. The summed E-state index contributed by atoms with van der Waals surface area (Å²) in [5, 5.41) is 14.0. The Labute approximate surface area is 257 Å². The average molecular weight is 604 g/mol. The largest absolute Gasteiger partial charge is 0.508 e. The molecule has 2 aliphatic rings. The maximum Gasteiger partial charge on any atom is 0.269 e. The Bertz CT molecular complexity index is 1030. The van der Waals surface area contributed by atoms with Gasteiger partial charge in [-0.2, -0.15) is 0 Å². The first-order chi connectivity index (χ1) is 20.6. The zero-order valence-corrected chi connectivity index (χ0v) is 26.9. The van der Waals surface area contributed by atoms with Crippen LogP contribution in [0.2, 0.25) is 0 Å². The summed E-state index contributed by atoms with van der Waals surface area (Å²) in [7, 11) is 3.25. The van der Waals surface area contributed by atoms with Gasteiger partial charge in [0.25, 0.3) is 5.91 Å². The first-order valence-electron chi connectivity index (χ1n) is 16.0. The number of hydrogen-bond donors (Lipinski definition) is 2.